The Morgan fingerprint density at radius 2 is 1.96 bits per heavy atom. The van der Waals surface area contributed by atoms with Crippen LogP contribution in [0.3, 0.4) is 0 Å². The fraction of sp³-hybridized carbons (Fsp3) is 0.438. The molecule has 0 aliphatic rings. The van der Waals surface area contributed by atoms with Crippen LogP contribution in [0, 0.1) is 6.92 Å². The van der Waals surface area contributed by atoms with E-state index in [9.17, 15) is 19.2 Å². The van der Waals surface area contributed by atoms with Gasteiger partial charge in [-0.05, 0) is 13.3 Å². The van der Waals surface area contributed by atoms with Crippen LogP contribution in [-0.2, 0) is 20.7 Å². The number of rotatable bonds is 7. The first-order valence-corrected chi connectivity index (χ1v) is 8.83. The second-order valence-corrected chi connectivity index (χ2v) is 6.54. The minimum Gasteiger partial charge on any atom is -0.465 e. The normalized spacial score (nSPS) is 10.6. The van der Waals surface area contributed by atoms with E-state index in [1.807, 2.05) is 6.92 Å². The van der Waals surface area contributed by atoms with E-state index in [-0.39, 0.29) is 34.7 Å². The number of nitrogens with zero attached hydrogens (tertiary/aromatic N) is 1. The van der Waals surface area contributed by atoms with Crippen LogP contribution in [-0.4, -0.2) is 48.0 Å². The summed E-state index contributed by atoms with van der Waals surface area (Å²) in [4.78, 5) is 55.3. The number of methoxy groups -OCH3 is 1. The minimum absolute atomic E-state index is 0.150. The molecular formula is C16H20N4O5S. The van der Waals surface area contributed by atoms with Gasteiger partial charge in [0, 0.05) is 12.1 Å². The molecule has 0 aliphatic carbocycles. The van der Waals surface area contributed by atoms with Gasteiger partial charge in [0.2, 0.25) is 11.8 Å². The molecule has 9 nitrogen and oxygen atoms in total. The molecule has 2 amide bonds. The topological polar surface area (TPSA) is 130 Å². The number of aromatic amines is 1. The number of amides is 2. The standard InChI is InChI=1S/C16H20N4O5S/c1-4-5-17-11(22)7-18-10(21)6-9-12-14(23)19-8(2)20-15(12)26-13(9)16(24)25-3/h4-7H2,1-3H3,(H,17,22)(H,18,21)(H,19,20,23). The lowest BCUT2D eigenvalue weighted by molar-refractivity contribution is -0.125. The molecule has 0 bridgehead atoms. The number of fused-ring (bicyclic) bond motifs is 1. The fourth-order valence-electron chi connectivity index (χ4n) is 2.33. The van der Waals surface area contributed by atoms with Crippen molar-refractivity contribution in [1.82, 2.24) is 20.6 Å². The molecule has 140 valence electrons. The predicted octanol–water partition coefficient (Wildman–Crippen LogP) is 0.265. The summed E-state index contributed by atoms with van der Waals surface area (Å²) in [5.41, 5.74) is -0.181. The number of ether oxygens (including phenoxy) is 1. The van der Waals surface area contributed by atoms with Gasteiger partial charge in [-0.3, -0.25) is 14.4 Å². The van der Waals surface area contributed by atoms with Crippen LogP contribution >= 0.6 is 11.3 Å². The average Bonchev–Trinajstić information content (AvgIpc) is 2.95. The first-order chi connectivity index (χ1) is 12.4. The molecule has 0 saturated carbocycles. The molecule has 0 spiro atoms. The molecule has 2 aromatic heterocycles. The van der Waals surface area contributed by atoms with Crippen LogP contribution in [0.2, 0.25) is 0 Å². The lowest BCUT2D eigenvalue weighted by Crippen LogP contribution is -2.38. The number of aromatic nitrogens is 2. The van der Waals surface area contributed by atoms with Crippen molar-refractivity contribution < 1.29 is 19.1 Å². The first kappa shape index (κ1) is 19.6. The van der Waals surface area contributed by atoms with Crippen molar-refractivity contribution in [3.05, 3.63) is 26.6 Å². The zero-order valence-corrected chi connectivity index (χ0v) is 15.5. The molecule has 0 aliphatic heterocycles. The van der Waals surface area contributed by atoms with Crippen LogP contribution in [0.1, 0.15) is 34.4 Å². The summed E-state index contributed by atoms with van der Waals surface area (Å²) in [6.07, 6.45) is 0.553. The van der Waals surface area contributed by atoms with Gasteiger partial charge in [-0.1, -0.05) is 6.92 Å². The maximum Gasteiger partial charge on any atom is 0.348 e. The molecule has 0 saturated heterocycles. The lowest BCUT2D eigenvalue weighted by atomic mass is 10.1. The van der Waals surface area contributed by atoms with Gasteiger partial charge in [-0.25, -0.2) is 9.78 Å². The Labute approximate surface area is 153 Å². The number of thiophene rings is 1. The van der Waals surface area contributed by atoms with E-state index in [4.69, 9.17) is 4.74 Å². The molecule has 0 atom stereocenters. The fourth-order valence-corrected chi connectivity index (χ4v) is 3.48. The Hall–Kier alpha value is -2.75. The molecule has 0 radical (unpaired) electrons. The van der Waals surface area contributed by atoms with Crippen molar-refractivity contribution >= 4 is 39.3 Å². The summed E-state index contributed by atoms with van der Waals surface area (Å²) in [5, 5.41) is 5.30. The zero-order chi connectivity index (χ0) is 19.3. The van der Waals surface area contributed by atoms with Crippen molar-refractivity contribution in [3.63, 3.8) is 0 Å². The van der Waals surface area contributed by atoms with Crippen LogP contribution in [0.5, 0.6) is 0 Å². The van der Waals surface area contributed by atoms with E-state index >= 15 is 0 Å². The van der Waals surface area contributed by atoms with Crippen molar-refractivity contribution in [2.75, 3.05) is 20.2 Å². The summed E-state index contributed by atoms with van der Waals surface area (Å²) in [5.74, 6) is -1.03. The lowest BCUT2D eigenvalue weighted by Gasteiger charge is -2.07. The molecule has 10 heteroatoms. The predicted molar refractivity (Wildman–Crippen MR) is 96.3 cm³/mol. The molecule has 0 unspecified atom stereocenters. The van der Waals surface area contributed by atoms with Gasteiger partial charge in [0.1, 0.15) is 15.5 Å². The van der Waals surface area contributed by atoms with Crippen molar-refractivity contribution in [3.8, 4) is 0 Å². The second kappa shape index (κ2) is 8.56. The SMILES string of the molecule is CCCNC(=O)CNC(=O)Cc1c(C(=O)OC)sc2nc(C)[nH]c(=O)c12. The quantitative estimate of drug-likeness (QED) is 0.591. The smallest absolute Gasteiger partial charge is 0.348 e. The van der Waals surface area contributed by atoms with E-state index in [0.29, 0.717) is 17.2 Å². The van der Waals surface area contributed by atoms with Gasteiger partial charge in [0.15, 0.2) is 0 Å². The van der Waals surface area contributed by atoms with E-state index in [1.54, 1.807) is 6.92 Å². The van der Waals surface area contributed by atoms with Crippen molar-refractivity contribution in [2.24, 2.45) is 0 Å². The maximum absolute atomic E-state index is 12.3. The highest BCUT2D eigenvalue weighted by atomic mass is 32.1. The average molecular weight is 380 g/mol. The molecule has 26 heavy (non-hydrogen) atoms. The van der Waals surface area contributed by atoms with E-state index in [0.717, 1.165) is 17.8 Å². The Morgan fingerprint density at radius 1 is 1.23 bits per heavy atom. The molecule has 2 aromatic rings. The molecule has 2 heterocycles. The largest absolute Gasteiger partial charge is 0.465 e. The van der Waals surface area contributed by atoms with E-state index < -0.39 is 17.4 Å². The molecular weight excluding hydrogens is 360 g/mol. The van der Waals surface area contributed by atoms with Crippen LogP contribution in [0.15, 0.2) is 4.79 Å². The maximum atomic E-state index is 12.3. The number of carbonyl (C=O) groups is 3. The third kappa shape index (κ3) is 4.45. The number of aryl methyl sites for hydroxylation is 1. The highest BCUT2D eigenvalue weighted by Crippen LogP contribution is 2.28. The highest BCUT2D eigenvalue weighted by Gasteiger charge is 2.24. The second-order valence-electron chi connectivity index (χ2n) is 5.54. The molecule has 0 aromatic carbocycles. The summed E-state index contributed by atoms with van der Waals surface area (Å²) in [6.45, 7) is 3.89. The monoisotopic (exact) mass is 380 g/mol. The molecule has 0 fully saturated rings. The number of carbonyl (C=O) groups excluding carboxylic acids is 3. The van der Waals surface area contributed by atoms with Gasteiger partial charge in [-0.2, -0.15) is 0 Å². The van der Waals surface area contributed by atoms with Gasteiger partial charge < -0.3 is 20.4 Å². The number of hydrogen-bond donors (Lipinski definition) is 3. The summed E-state index contributed by atoms with van der Waals surface area (Å²) in [6, 6.07) is 0. The third-order valence-electron chi connectivity index (χ3n) is 3.51. The van der Waals surface area contributed by atoms with Crippen LogP contribution in [0.4, 0.5) is 0 Å². The summed E-state index contributed by atoms with van der Waals surface area (Å²) in [7, 11) is 1.22. The Balaban J connectivity index is 2.27. The first-order valence-electron chi connectivity index (χ1n) is 8.01. The van der Waals surface area contributed by atoms with Gasteiger partial charge in [-0.15, -0.1) is 11.3 Å². The van der Waals surface area contributed by atoms with Gasteiger partial charge in [0.05, 0.1) is 25.5 Å². The van der Waals surface area contributed by atoms with E-state index in [2.05, 4.69) is 20.6 Å². The molecule has 3 N–H and O–H groups in total. The summed E-state index contributed by atoms with van der Waals surface area (Å²) < 4.78 is 4.74. The van der Waals surface area contributed by atoms with Crippen molar-refractivity contribution in [1.29, 1.82) is 0 Å². The van der Waals surface area contributed by atoms with Crippen molar-refractivity contribution in [2.45, 2.75) is 26.7 Å². The Morgan fingerprint density at radius 3 is 2.62 bits per heavy atom. The molecule has 2 rings (SSSR count). The number of esters is 1. The number of hydrogen-bond acceptors (Lipinski definition) is 7. The van der Waals surface area contributed by atoms with Gasteiger partial charge in [0.25, 0.3) is 5.56 Å². The minimum atomic E-state index is -0.645. The summed E-state index contributed by atoms with van der Waals surface area (Å²) >= 11 is 0.997. The Bertz CT molecular complexity index is 902. The highest BCUT2D eigenvalue weighted by molar-refractivity contribution is 7.20. The number of nitrogens with one attached hydrogen (secondary N) is 3. The zero-order valence-electron chi connectivity index (χ0n) is 14.7. The van der Waals surface area contributed by atoms with Gasteiger partial charge >= 0.3 is 5.97 Å². The van der Waals surface area contributed by atoms with E-state index in [1.165, 1.54) is 7.11 Å². The Kier molecular flexibility index (Phi) is 6.45. The number of H-pyrrole nitrogens is 1. The van der Waals surface area contributed by atoms with Crippen LogP contribution in [0.25, 0.3) is 10.2 Å². The third-order valence-corrected chi connectivity index (χ3v) is 4.61. The van der Waals surface area contributed by atoms with Crippen LogP contribution < -0.4 is 16.2 Å².